The molecule has 0 radical (unpaired) electrons. The Bertz CT molecular complexity index is 311. The van der Waals surface area contributed by atoms with Crippen molar-refractivity contribution >= 4 is 27.5 Å². The van der Waals surface area contributed by atoms with Crippen LogP contribution in [0.2, 0.25) is 5.02 Å². The highest BCUT2D eigenvalue weighted by atomic mass is 79.9. The van der Waals surface area contributed by atoms with E-state index < -0.39 is 0 Å². The van der Waals surface area contributed by atoms with Crippen LogP contribution >= 0.6 is 27.5 Å². The number of hydrogen-bond donors (Lipinski definition) is 0. The van der Waals surface area contributed by atoms with E-state index in [1.807, 2.05) is 12.1 Å². The third-order valence-electron chi connectivity index (χ3n) is 2.27. The van der Waals surface area contributed by atoms with Crippen molar-refractivity contribution in [2.75, 3.05) is 7.11 Å². The highest BCUT2D eigenvalue weighted by Crippen LogP contribution is 2.47. The minimum atomic E-state index is 0.660. The van der Waals surface area contributed by atoms with E-state index in [2.05, 4.69) is 15.9 Å². The Morgan fingerprint density at radius 3 is 2.62 bits per heavy atom. The molecule has 0 amide bonds. The van der Waals surface area contributed by atoms with Crippen LogP contribution < -0.4 is 4.74 Å². The molecule has 1 fully saturated rings. The second-order valence-corrected chi connectivity index (χ2v) is 4.54. The molecule has 1 nitrogen and oxygen atoms in total. The zero-order valence-corrected chi connectivity index (χ0v) is 9.65. The molecule has 1 aromatic carbocycles. The highest BCUT2D eigenvalue weighted by molar-refractivity contribution is 9.10. The molecule has 0 aromatic heterocycles. The maximum atomic E-state index is 6.14. The minimum Gasteiger partial charge on any atom is -0.497 e. The zero-order valence-electron chi connectivity index (χ0n) is 7.31. The first-order valence-electron chi connectivity index (χ1n) is 4.25. The van der Waals surface area contributed by atoms with Crippen molar-refractivity contribution in [3.63, 3.8) is 0 Å². The van der Waals surface area contributed by atoms with Crippen molar-refractivity contribution in [1.82, 2.24) is 0 Å². The maximum Gasteiger partial charge on any atom is 0.121 e. The van der Waals surface area contributed by atoms with Crippen LogP contribution in [0.1, 0.15) is 24.3 Å². The molecule has 0 atom stereocenters. The summed E-state index contributed by atoms with van der Waals surface area (Å²) < 4.78 is 6.19. The Labute approximate surface area is 91.2 Å². The SMILES string of the molecule is COc1cc(Cl)c(C2CC2)c(Br)c1. The summed E-state index contributed by atoms with van der Waals surface area (Å²) in [6.07, 6.45) is 2.51. The Hall–Kier alpha value is -0.210. The van der Waals surface area contributed by atoms with Gasteiger partial charge in [-0.3, -0.25) is 0 Å². The predicted octanol–water partition coefficient (Wildman–Crippen LogP) is 3.99. The largest absolute Gasteiger partial charge is 0.497 e. The van der Waals surface area contributed by atoms with E-state index in [1.165, 1.54) is 18.4 Å². The Kier molecular flexibility index (Phi) is 2.52. The third-order valence-corrected chi connectivity index (χ3v) is 3.24. The molecule has 1 saturated carbocycles. The van der Waals surface area contributed by atoms with E-state index in [4.69, 9.17) is 16.3 Å². The monoisotopic (exact) mass is 260 g/mol. The number of halogens is 2. The quantitative estimate of drug-likeness (QED) is 0.782. The average Bonchev–Trinajstić information content (AvgIpc) is 2.87. The summed E-state index contributed by atoms with van der Waals surface area (Å²) in [6, 6.07) is 3.85. The number of hydrogen-bond acceptors (Lipinski definition) is 1. The van der Waals surface area contributed by atoms with Gasteiger partial charge in [0.25, 0.3) is 0 Å². The van der Waals surface area contributed by atoms with E-state index in [-0.39, 0.29) is 0 Å². The van der Waals surface area contributed by atoms with Crippen LogP contribution in [0.4, 0.5) is 0 Å². The van der Waals surface area contributed by atoms with Gasteiger partial charge in [0.15, 0.2) is 0 Å². The fourth-order valence-electron chi connectivity index (χ4n) is 1.44. The van der Waals surface area contributed by atoms with Crippen molar-refractivity contribution in [2.45, 2.75) is 18.8 Å². The van der Waals surface area contributed by atoms with Gasteiger partial charge in [-0.1, -0.05) is 27.5 Å². The van der Waals surface area contributed by atoms with Crippen molar-refractivity contribution in [2.24, 2.45) is 0 Å². The van der Waals surface area contributed by atoms with Crippen LogP contribution in [-0.4, -0.2) is 7.11 Å². The van der Waals surface area contributed by atoms with Gasteiger partial charge < -0.3 is 4.74 Å². The summed E-state index contributed by atoms with van der Waals surface area (Å²) in [5, 5.41) is 0.814. The zero-order chi connectivity index (χ0) is 9.42. The molecule has 3 heteroatoms. The fraction of sp³-hybridized carbons (Fsp3) is 0.400. The summed E-state index contributed by atoms with van der Waals surface area (Å²) >= 11 is 9.65. The molecule has 13 heavy (non-hydrogen) atoms. The lowest BCUT2D eigenvalue weighted by Gasteiger charge is -2.08. The smallest absolute Gasteiger partial charge is 0.121 e. The van der Waals surface area contributed by atoms with Crippen molar-refractivity contribution < 1.29 is 4.74 Å². The molecule has 0 unspecified atom stereocenters. The third kappa shape index (κ3) is 1.84. The Morgan fingerprint density at radius 2 is 2.15 bits per heavy atom. The van der Waals surface area contributed by atoms with E-state index >= 15 is 0 Å². The molecular formula is C10H10BrClO. The molecule has 1 aliphatic carbocycles. The lowest BCUT2D eigenvalue weighted by molar-refractivity contribution is 0.414. The minimum absolute atomic E-state index is 0.660. The first kappa shape index (κ1) is 9.35. The van der Waals surface area contributed by atoms with Gasteiger partial charge in [0, 0.05) is 9.50 Å². The Morgan fingerprint density at radius 1 is 1.46 bits per heavy atom. The van der Waals surface area contributed by atoms with E-state index in [9.17, 15) is 0 Å². The summed E-state index contributed by atoms with van der Waals surface area (Å²) in [5.74, 6) is 1.47. The van der Waals surface area contributed by atoms with Crippen molar-refractivity contribution in [3.05, 3.63) is 27.2 Å². The molecule has 0 N–H and O–H groups in total. The van der Waals surface area contributed by atoms with Gasteiger partial charge >= 0.3 is 0 Å². The first-order valence-corrected chi connectivity index (χ1v) is 5.42. The summed E-state index contributed by atoms with van der Waals surface area (Å²) in [6.45, 7) is 0. The summed E-state index contributed by atoms with van der Waals surface area (Å²) in [5.41, 5.74) is 1.24. The lowest BCUT2D eigenvalue weighted by Crippen LogP contribution is -1.88. The average molecular weight is 262 g/mol. The molecule has 0 saturated heterocycles. The molecule has 0 spiro atoms. The molecule has 2 rings (SSSR count). The topological polar surface area (TPSA) is 9.23 Å². The molecule has 0 heterocycles. The van der Waals surface area contributed by atoms with E-state index in [1.54, 1.807) is 7.11 Å². The first-order chi connectivity index (χ1) is 6.22. The number of rotatable bonds is 2. The number of ether oxygens (including phenoxy) is 1. The van der Waals surface area contributed by atoms with Crippen LogP contribution in [0.25, 0.3) is 0 Å². The van der Waals surface area contributed by atoms with Crippen LogP contribution in [0.15, 0.2) is 16.6 Å². The standard InChI is InChI=1S/C10H10BrClO/c1-13-7-4-8(11)10(6-2-3-6)9(12)5-7/h4-6H,2-3H2,1H3. The van der Waals surface area contributed by atoms with Crippen LogP contribution in [-0.2, 0) is 0 Å². The Balaban J connectivity index is 2.44. The molecule has 1 aromatic rings. The van der Waals surface area contributed by atoms with Gasteiger partial charge in [-0.25, -0.2) is 0 Å². The normalized spacial score (nSPS) is 15.9. The van der Waals surface area contributed by atoms with Crippen molar-refractivity contribution in [3.8, 4) is 5.75 Å². The maximum absolute atomic E-state index is 6.14. The van der Waals surface area contributed by atoms with Crippen LogP contribution in [0, 0.1) is 0 Å². The predicted molar refractivity (Wildman–Crippen MR) is 57.7 cm³/mol. The molecule has 0 bridgehead atoms. The van der Waals surface area contributed by atoms with Gasteiger partial charge in [0.05, 0.1) is 7.11 Å². The number of benzene rings is 1. The molecule has 1 aliphatic rings. The van der Waals surface area contributed by atoms with E-state index in [0.717, 1.165) is 15.2 Å². The molecular weight excluding hydrogens is 251 g/mol. The van der Waals surface area contributed by atoms with Crippen LogP contribution in [0.3, 0.4) is 0 Å². The number of methoxy groups -OCH3 is 1. The summed E-state index contributed by atoms with van der Waals surface area (Å²) in [4.78, 5) is 0. The highest BCUT2D eigenvalue weighted by Gasteiger charge is 2.28. The van der Waals surface area contributed by atoms with Crippen molar-refractivity contribution in [1.29, 1.82) is 0 Å². The molecule has 0 aliphatic heterocycles. The lowest BCUT2D eigenvalue weighted by atomic mass is 10.1. The van der Waals surface area contributed by atoms with Gasteiger partial charge in [0.1, 0.15) is 5.75 Å². The van der Waals surface area contributed by atoms with Crippen LogP contribution in [0.5, 0.6) is 5.75 Å². The second kappa shape index (κ2) is 3.50. The summed E-state index contributed by atoms with van der Waals surface area (Å²) in [7, 11) is 1.65. The molecule has 70 valence electrons. The van der Waals surface area contributed by atoms with Gasteiger partial charge in [-0.15, -0.1) is 0 Å². The van der Waals surface area contributed by atoms with Gasteiger partial charge in [0.2, 0.25) is 0 Å². The van der Waals surface area contributed by atoms with Gasteiger partial charge in [-0.2, -0.15) is 0 Å². The second-order valence-electron chi connectivity index (χ2n) is 3.28. The van der Waals surface area contributed by atoms with Gasteiger partial charge in [-0.05, 0) is 36.5 Å². The fourth-order valence-corrected chi connectivity index (χ4v) is 2.68. The van der Waals surface area contributed by atoms with E-state index in [0.29, 0.717) is 5.92 Å².